The largest absolute Gasteiger partial charge is 0.381 e. The molecule has 1 aliphatic rings. The van der Waals surface area contributed by atoms with Crippen molar-refractivity contribution in [3.05, 3.63) is 11.8 Å². The summed E-state index contributed by atoms with van der Waals surface area (Å²) < 4.78 is 10.7. The topological polar surface area (TPSA) is 76.2 Å². The quantitative estimate of drug-likeness (QED) is 0.842. The predicted molar refractivity (Wildman–Crippen MR) is 66.4 cm³/mol. The fourth-order valence-corrected chi connectivity index (χ4v) is 2.06. The molecule has 2 N–H and O–H groups in total. The Morgan fingerprint density at radius 1 is 1.61 bits per heavy atom. The third-order valence-electron chi connectivity index (χ3n) is 3.36. The minimum absolute atomic E-state index is 0.151. The average Bonchev–Trinajstić information content (AvgIpc) is 2.87. The van der Waals surface area contributed by atoms with E-state index in [4.69, 9.17) is 9.47 Å². The van der Waals surface area contributed by atoms with Crippen LogP contribution in [0.25, 0.3) is 0 Å². The van der Waals surface area contributed by atoms with E-state index in [0.29, 0.717) is 31.9 Å². The Balaban J connectivity index is 2.05. The summed E-state index contributed by atoms with van der Waals surface area (Å²) in [5.74, 6) is 0.391. The highest BCUT2D eigenvalue weighted by Gasteiger charge is 2.40. The molecule has 0 atom stereocenters. The van der Waals surface area contributed by atoms with Crippen molar-refractivity contribution >= 4 is 11.7 Å². The summed E-state index contributed by atoms with van der Waals surface area (Å²) in [7, 11) is 1.56. The van der Waals surface area contributed by atoms with Gasteiger partial charge in [0.05, 0.1) is 0 Å². The molecule has 18 heavy (non-hydrogen) atoms. The van der Waals surface area contributed by atoms with E-state index in [1.165, 1.54) is 0 Å². The van der Waals surface area contributed by atoms with Crippen molar-refractivity contribution in [2.24, 2.45) is 0 Å². The molecule has 0 bridgehead atoms. The summed E-state index contributed by atoms with van der Waals surface area (Å²) in [4.78, 5) is 12.3. The first-order valence-electron chi connectivity index (χ1n) is 6.19. The maximum absolute atomic E-state index is 12.3. The lowest BCUT2D eigenvalue weighted by Crippen LogP contribution is -2.48. The number of rotatable bonds is 4. The van der Waals surface area contributed by atoms with E-state index in [2.05, 4.69) is 15.5 Å². The molecule has 1 saturated heterocycles. The van der Waals surface area contributed by atoms with Crippen LogP contribution in [-0.2, 0) is 20.7 Å². The smallest absolute Gasteiger partial charge is 0.257 e. The number of nitrogens with zero attached hydrogens (tertiary/aromatic N) is 1. The lowest BCUT2D eigenvalue weighted by atomic mass is 9.93. The third kappa shape index (κ3) is 2.54. The Morgan fingerprint density at radius 2 is 2.33 bits per heavy atom. The van der Waals surface area contributed by atoms with E-state index in [1.807, 2.05) is 13.0 Å². The highest BCUT2D eigenvalue weighted by atomic mass is 16.5. The first-order valence-corrected chi connectivity index (χ1v) is 6.19. The molecule has 0 saturated carbocycles. The maximum Gasteiger partial charge on any atom is 0.257 e. The summed E-state index contributed by atoms with van der Waals surface area (Å²) in [5, 5.41) is 9.70. The Kier molecular flexibility index (Phi) is 3.98. The van der Waals surface area contributed by atoms with E-state index >= 15 is 0 Å². The van der Waals surface area contributed by atoms with Gasteiger partial charge < -0.3 is 14.8 Å². The van der Waals surface area contributed by atoms with Crippen LogP contribution in [0.1, 0.15) is 25.5 Å². The fraction of sp³-hybridized carbons (Fsp3) is 0.667. The summed E-state index contributed by atoms with van der Waals surface area (Å²) in [5.41, 5.74) is 0.201. The van der Waals surface area contributed by atoms with Crippen LogP contribution in [0.2, 0.25) is 0 Å². The zero-order valence-electron chi connectivity index (χ0n) is 10.8. The van der Waals surface area contributed by atoms with E-state index < -0.39 is 5.60 Å². The van der Waals surface area contributed by atoms with Crippen LogP contribution in [0.3, 0.4) is 0 Å². The van der Waals surface area contributed by atoms with Gasteiger partial charge in [0.1, 0.15) is 0 Å². The van der Waals surface area contributed by atoms with E-state index in [-0.39, 0.29) is 5.91 Å². The molecule has 1 aliphatic heterocycles. The van der Waals surface area contributed by atoms with Crippen LogP contribution in [0.5, 0.6) is 0 Å². The average molecular weight is 253 g/mol. The maximum atomic E-state index is 12.3. The number of amides is 1. The van der Waals surface area contributed by atoms with Gasteiger partial charge in [-0.05, 0) is 6.42 Å². The number of methoxy groups -OCH3 is 1. The van der Waals surface area contributed by atoms with Gasteiger partial charge in [-0.3, -0.25) is 9.89 Å². The summed E-state index contributed by atoms with van der Waals surface area (Å²) in [6, 6.07) is 1.83. The van der Waals surface area contributed by atoms with Gasteiger partial charge in [0.2, 0.25) is 0 Å². The molecule has 2 heterocycles. The van der Waals surface area contributed by atoms with Crippen molar-refractivity contribution in [1.82, 2.24) is 10.2 Å². The van der Waals surface area contributed by atoms with Crippen molar-refractivity contribution in [1.29, 1.82) is 0 Å². The number of ether oxygens (including phenoxy) is 2. The standard InChI is InChI=1S/C12H19N3O3/c1-3-9-8-10(15-14-9)13-11(16)12(17-2)4-6-18-7-5-12/h8H,3-7H2,1-2H3,(H2,13,14,15,16). The number of hydrogen-bond acceptors (Lipinski definition) is 4. The molecule has 0 aliphatic carbocycles. The van der Waals surface area contributed by atoms with Crippen LogP contribution in [0.4, 0.5) is 5.82 Å². The number of aryl methyl sites for hydroxylation is 1. The second kappa shape index (κ2) is 5.49. The second-order valence-corrected chi connectivity index (χ2v) is 4.40. The Morgan fingerprint density at radius 3 is 2.89 bits per heavy atom. The number of H-pyrrole nitrogens is 1. The number of hydrogen-bond donors (Lipinski definition) is 2. The SMILES string of the molecule is CCc1cc(NC(=O)C2(OC)CCOCC2)n[nH]1. The number of carbonyl (C=O) groups is 1. The molecule has 1 aromatic rings. The van der Waals surface area contributed by atoms with Gasteiger partial charge in [0.25, 0.3) is 5.91 Å². The van der Waals surface area contributed by atoms with Gasteiger partial charge >= 0.3 is 0 Å². The molecule has 1 aromatic heterocycles. The molecule has 100 valence electrons. The monoisotopic (exact) mass is 253 g/mol. The van der Waals surface area contributed by atoms with Crippen molar-refractivity contribution in [3.8, 4) is 0 Å². The molecule has 2 rings (SSSR count). The number of aromatic nitrogens is 2. The minimum Gasteiger partial charge on any atom is -0.381 e. The number of anilines is 1. The van der Waals surface area contributed by atoms with E-state index in [0.717, 1.165) is 12.1 Å². The Hall–Kier alpha value is -1.40. The molecule has 0 spiro atoms. The molecular formula is C12H19N3O3. The van der Waals surface area contributed by atoms with Crippen LogP contribution in [-0.4, -0.2) is 42.0 Å². The zero-order valence-corrected chi connectivity index (χ0v) is 10.8. The highest BCUT2D eigenvalue weighted by Crippen LogP contribution is 2.26. The normalized spacial score (nSPS) is 18.6. The lowest BCUT2D eigenvalue weighted by molar-refractivity contribution is -0.149. The molecule has 1 amide bonds. The second-order valence-electron chi connectivity index (χ2n) is 4.40. The predicted octanol–water partition coefficient (Wildman–Crippen LogP) is 1.11. The number of nitrogens with one attached hydrogen (secondary N) is 2. The first-order chi connectivity index (χ1) is 8.70. The van der Waals surface area contributed by atoms with Gasteiger partial charge in [-0.25, -0.2) is 0 Å². The van der Waals surface area contributed by atoms with E-state index in [9.17, 15) is 4.79 Å². The van der Waals surface area contributed by atoms with Crippen LogP contribution >= 0.6 is 0 Å². The van der Waals surface area contributed by atoms with Gasteiger partial charge in [0, 0.05) is 44.9 Å². The number of carbonyl (C=O) groups excluding carboxylic acids is 1. The van der Waals surface area contributed by atoms with E-state index in [1.54, 1.807) is 7.11 Å². The summed E-state index contributed by atoms with van der Waals surface area (Å²) in [6.07, 6.45) is 1.99. The Labute approximate surface area is 106 Å². The molecule has 6 heteroatoms. The zero-order chi connectivity index (χ0) is 13.0. The minimum atomic E-state index is -0.788. The van der Waals surface area contributed by atoms with Crippen LogP contribution in [0.15, 0.2) is 6.07 Å². The molecule has 0 aromatic carbocycles. The van der Waals surface area contributed by atoms with Crippen molar-refractivity contribution in [2.75, 3.05) is 25.6 Å². The number of aromatic amines is 1. The fourth-order valence-electron chi connectivity index (χ4n) is 2.06. The molecule has 1 fully saturated rings. The van der Waals surface area contributed by atoms with Crippen molar-refractivity contribution < 1.29 is 14.3 Å². The summed E-state index contributed by atoms with van der Waals surface area (Å²) in [6.45, 7) is 3.11. The van der Waals surface area contributed by atoms with Gasteiger partial charge in [-0.15, -0.1) is 0 Å². The molecule has 0 unspecified atom stereocenters. The third-order valence-corrected chi connectivity index (χ3v) is 3.36. The Bertz CT molecular complexity index is 410. The highest BCUT2D eigenvalue weighted by molar-refractivity contribution is 5.96. The molecule has 6 nitrogen and oxygen atoms in total. The van der Waals surface area contributed by atoms with Crippen LogP contribution in [0, 0.1) is 0 Å². The molecular weight excluding hydrogens is 234 g/mol. The van der Waals surface area contributed by atoms with Crippen molar-refractivity contribution in [3.63, 3.8) is 0 Å². The van der Waals surface area contributed by atoms with Crippen LogP contribution < -0.4 is 5.32 Å². The van der Waals surface area contributed by atoms with Gasteiger partial charge in [-0.1, -0.05) is 6.92 Å². The summed E-state index contributed by atoms with van der Waals surface area (Å²) >= 11 is 0. The van der Waals surface area contributed by atoms with Crippen molar-refractivity contribution in [2.45, 2.75) is 31.8 Å². The lowest BCUT2D eigenvalue weighted by Gasteiger charge is -2.33. The van der Waals surface area contributed by atoms with Gasteiger partial charge in [-0.2, -0.15) is 5.10 Å². The first kappa shape index (κ1) is 13.0. The molecule has 0 radical (unpaired) electrons. The van der Waals surface area contributed by atoms with Gasteiger partial charge in [0.15, 0.2) is 11.4 Å².